The molecule has 0 radical (unpaired) electrons. The van der Waals surface area contributed by atoms with E-state index >= 15 is 0 Å². The standard InChI is InChI=1S/C58H96O6/c1-4-7-10-13-15-17-19-21-23-25-26-27-28-29-30-31-32-33-35-36-38-40-42-45-48-51-57(60)63-54-55(53-62-56(59)50-47-44-12-9-6-3)64-58(61)52-49-46-43-41-39-37-34-24-22-20-18-16-14-11-8-5-2/h7,10,15,17,21,23-24,26-27,29-30,32-34,36,38,55H,4-6,8-9,11-14,16,18-20,22,25,28,31,35,37,39-54H2,1-3H3/b10-7-,17-15-,23-21-,27-26-,30-29-,33-32-,34-24-,38-36-. The third-order valence-electron chi connectivity index (χ3n) is 10.8. The van der Waals surface area contributed by atoms with Crippen molar-refractivity contribution in [2.45, 2.75) is 239 Å². The number of unbranched alkanes of at least 4 members (excludes halogenated alkanes) is 19. The van der Waals surface area contributed by atoms with Crippen molar-refractivity contribution in [3.8, 4) is 0 Å². The van der Waals surface area contributed by atoms with E-state index in [1.807, 2.05) is 0 Å². The van der Waals surface area contributed by atoms with Crippen LogP contribution in [0, 0.1) is 0 Å². The van der Waals surface area contributed by atoms with Crippen LogP contribution >= 0.6 is 0 Å². The highest BCUT2D eigenvalue weighted by atomic mass is 16.6. The van der Waals surface area contributed by atoms with Crippen LogP contribution in [0.4, 0.5) is 0 Å². The second kappa shape index (κ2) is 52.0. The third kappa shape index (κ3) is 49.3. The Balaban J connectivity index is 4.24. The second-order valence-corrected chi connectivity index (χ2v) is 17.1. The second-order valence-electron chi connectivity index (χ2n) is 17.1. The number of hydrogen-bond acceptors (Lipinski definition) is 6. The van der Waals surface area contributed by atoms with Crippen molar-refractivity contribution in [1.82, 2.24) is 0 Å². The van der Waals surface area contributed by atoms with Crippen LogP contribution in [0.3, 0.4) is 0 Å². The van der Waals surface area contributed by atoms with Gasteiger partial charge in [-0.05, 0) is 103 Å². The molecule has 0 aliphatic heterocycles. The van der Waals surface area contributed by atoms with E-state index in [9.17, 15) is 14.4 Å². The van der Waals surface area contributed by atoms with Gasteiger partial charge >= 0.3 is 17.9 Å². The first-order chi connectivity index (χ1) is 31.5. The first kappa shape index (κ1) is 60.3. The van der Waals surface area contributed by atoms with Gasteiger partial charge in [-0.15, -0.1) is 0 Å². The molecule has 0 saturated carbocycles. The van der Waals surface area contributed by atoms with E-state index in [0.29, 0.717) is 19.3 Å². The Kier molecular flexibility index (Phi) is 49.0. The number of rotatable bonds is 46. The summed E-state index contributed by atoms with van der Waals surface area (Å²) in [5.41, 5.74) is 0. The molecule has 0 rings (SSSR count). The molecular weight excluding hydrogens is 793 g/mol. The first-order valence-electron chi connectivity index (χ1n) is 26.2. The van der Waals surface area contributed by atoms with Gasteiger partial charge in [0.2, 0.25) is 0 Å². The van der Waals surface area contributed by atoms with Crippen molar-refractivity contribution < 1.29 is 28.6 Å². The molecule has 6 heteroatoms. The summed E-state index contributed by atoms with van der Waals surface area (Å²) >= 11 is 0. The number of hydrogen-bond donors (Lipinski definition) is 0. The Hall–Kier alpha value is -3.67. The Labute approximate surface area is 394 Å². The molecule has 364 valence electrons. The van der Waals surface area contributed by atoms with E-state index in [0.717, 1.165) is 135 Å². The summed E-state index contributed by atoms with van der Waals surface area (Å²) in [7, 11) is 0. The van der Waals surface area contributed by atoms with Gasteiger partial charge in [0.25, 0.3) is 0 Å². The van der Waals surface area contributed by atoms with E-state index in [-0.39, 0.29) is 31.1 Å². The van der Waals surface area contributed by atoms with Crippen LogP contribution in [0.5, 0.6) is 0 Å². The lowest BCUT2D eigenvalue weighted by molar-refractivity contribution is -0.167. The maximum absolute atomic E-state index is 12.7. The van der Waals surface area contributed by atoms with Crippen LogP contribution in [-0.2, 0) is 28.6 Å². The summed E-state index contributed by atoms with van der Waals surface area (Å²) in [5.74, 6) is -0.953. The highest BCUT2D eigenvalue weighted by molar-refractivity contribution is 5.71. The predicted octanol–water partition coefficient (Wildman–Crippen LogP) is 17.4. The molecule has 0 fully saturated rings. The highest BCUT2D eigenvalue weighted by Crippen LogP contribution is 2.13. The molecule has 6 nitrogen and oxygen atoms in total. The van der Waals surface area contributed by atoms with Crippen molar-refractivity contribution in [2.24, 2.45) is 0 Å². The van der Waals surface area contributed by atoms with Gasteiger partial charge < -0.3 is 14.2 Å². The number of carbonyl (C=O) groups is 3. The first-order valence-corrected chi connectivity index (χ1v) is 26.2. The van der Waals surface area contributed by atoms with E-state index in [4.69, 9.17) is 14.2 Å². The van der Waals surface area contributed by atoms with Gasteiger partial charge in [-0.1, -0.05) is 208 Å². The minimum atomic E-state index is -0.792. The van der Waals surface area contributed by atoms with Gasteiger partial charge in [-0.25, -0.2) is 0 Å². The highest BCUT2D eigenvalue weighted by Gasteiger charge is 2.19. The summed E-state index contributed by atoms with van der Waals surface area (Å²) in [5, 5.41) is 0. The van der Waals surface area contributed by atoms with Crippen LogP contribution in [-0.4, -0.2) is 37.2 Å². The molecule has 1 unspecified atom stereocenters. The fourth-order valence-corrected chi connectivity index (χ4v) is 6.89. The fraction of sp³-hybridized carbons (Fsp3) is 0.672. The van der Waals surface area contributed by atoms with Gasteiger partial charge in [0.15, 0.2) is 6.10 Å². The summed E-state index contributed by atoms with van der Waals surface area (Å²) in [6.45, 7) is 6.39. The molecule has 0 N–H and O–H groups in total. The summed E-state index contributed by atoms with van der Waals surface area (Å²) in [4.78, 5) is 37.7. The van der Waals surface area contributed by atoms with Crippen LogP contribution in [0.15, 0.2) is 97.2 Å². The number of allylic oxidation sites excluding steroid dienone is 16. The Morgan fingerprint density at radius 3 is 0.984 bits per heavy atom. The minimum Gasteiger partial charge on any atom is -0.462 e. The molecular formula is C58H96O6. The molecule has 0 aromatic carbocycles. The zero-order valence-electron chi connectivity index (χ0n) is 41.5. The molecule has 64 heavy (non-hydrogen) atoms. The number of carbonyl (C=O) groups excluding carboxylic acids is 3. The van der Waals surface area contributed by atoms with E-state index in [1.165, 1.54) is 57.8 Å². The maximum atomic E-state index is 12.7. The fourth-order valence-electron chi connectivity index (χ4n) is 6.89. The van der Waals surface area contributed by atoms with Crippen molar-refractivity contribution in [3.63, 3.8) is 0 Å². The summed E-state index contributed by atoms with van der Waals surface area (Å²) in [6.07, 6.45) is 68.6. The Bertz CT molecular complexity index is 1300. The van der Waals surface area contributed by atoms with Crippen molar-refractivity contribution in [2.75, 3.05) is 13.2 Å². The Morgan fingerprint density at radius 2 is 0.609 bits per heavy atom. The zero-order valence-corrected chi connectivity index (χ0v) is 41.5. The van der Waals surface area contributed by atoms with E-state index in [1.54, 1.807) is 0 Å². The van der Waals surface area contributed by atoms with Gasteiger partial charge in [-0.3, -0.25) is 14.4 Å². The third-order valence-corrected chi connectivity index (χ3v) is 10.8. The lowest BCUT2D eigenvalue weighted by atomic mass is 10.1. The smallest absolute Gasteiger partial charge is 0.306 e. The molecule has 0 aromatic rings. The summed E-state index contributed by atoms with van der Waals surface area (Å²) in [6, 6.07) is 0. The quantitative estimate of drug-likeness (QED) is 0.0262. The average molecular weight is 889 g/mol. The lowest BCUT2D eigenvalue weighted by Crippen LogP contribution is -2.30. The largest absolute Gasteiger partial charge is 0.462 e. The average Bonchev–Trinajstić information content (AvgIpc) is 3.29. The normalized spacial score (nSPS) is 12.9. The van der Waals surface area contributed by atoms with Crippen LogP contribution in [0.1, 0.15) is 233 Å². The van der Waals surface area contributed by atoms with Crippen molar-refractivity contribution in [3.05, 3.63) is 97.2 Å². The molecule has 0 aromatic heterocycles. The van der Waals surface area contributed by atoms with Crippen LogP contribution in [0.2, 0.25) is 0 Å². The molecule has 0 aliphatic carbocycles. The SMILES string of the molecule is CC/C=C\C/C=C\C/C=C\C/C=C\C/C=C\C/C=C\C/C=C\CCCCCC(=O)OCC(COC(=O)CCCCCCC)OC(=O)CCCCCCC/C=C\CCCCCCCCC. The van der Waals surface area contributed by atoms with Gasteiger partial charge in [0.05, 0.1) is 0 Å². The molecule has 0 heterocycles. The van der Waals surface area contributed by atoms with E-state index < -0.39 is 6.10 Å². The summed E-state index contributed by atoms with van der Waals surface area (Å²) < 4.78 is 16.6. The van der Waals surface area contributed by atoms with Crippen LogP contribution in [0.25, 0.3) is 0 Å². The van der Waals surface area contributed by atoms with E-state index in [2.05, 4.69) is 118 Å². The number of esters is 3. The Morgan fingerprint density at radius 1 is 0.328 bits per heavy atom. The lowest BCUT2D eigenvalue weighted by Gasteiger charge is -2.18. The molecule has 0 spiro atoms. The van der Waals surface area contributed by atoms with Gasteiger partial charge in [0.1, 0.15) is 13.2 Å². The monoisotopic (exact) mass is 889 g/mol. The molecule has 0 amide bonds. The molecule has 0 aliphatic rings. The molecule has 0 bridgehead atoms. The topological polar surface area (TPSA) is 78.9 Å². The zero-order chi connectivity index (χ0) is 46.5. The van der Waals surface area contributed by atoms with Gasteiger partial charge in [0, 0.05) is 19.3 Å². The van der Waals surface area contributed by atoms with Crippen LogP contribution < -0.4 is 0 Å². The number of ether oxygens (including phenoxy) is 3. The van der Waals surface area contributed by atoms with Crippen molar-refractivity contribution in [1.29, 1.82) is 0 Å². The maximum Gasteiger partial charge on any atom is 0.306 e. The minimum absolute atomic E-state index is 0.0931. The molecule has 0 saturated heterocycles. The van der Waals surface area contributed by atoms with Gasteiger partial charge in [-0.2, -0.15) is 0 Å². The predicted molar refractivity (Wildman–Crippen MR) is 274 cm³/mol. The molecule has 1 atom stereocenters. The van der Waals surface area contributed by atoms with Crippen molar-refractivity contribution >= 4 is 17.9 Å².